The van der Waals surface area contributed by atoms with Gasteiger partial charge in [0.05, 0.1) is 31.7 Å². The van der Waals surface area contributed by atoms with Crippen LogP contribution < -0.4 is 4.74 Å². The van der Waals surface area contributed by atoms with Gasteiger partial charge in [-0.25, -0.2) is 0 Å². The molecule has 8 nitrogen and oxygen atoms in total. The Labute approximate surface area is 173 Å². The maximum Gasteiger partial charge on any atom is 0.277 e. The fraction of sp³-hybridized carbons (Fsp3) is 0.300. The van der Waals surface area contributed by atoms with Crippen molar-refractivity contribution in [2.24, 2.45) is 0 Å². The van der Waals surface area contributed by atoms with Crippen LogP contribution in [0, 0.1) is 0 Å². The van der Waals surface area contributed by atoms with Gasteiger partial charge in [0.2, 0.25) is 11.8 Å². The number of pyridine rings is 1. The number of carbonyl (C=O) groups is 1. The van der Waals surface area contributed by atoms with Crippen molar-refractivity contribution in [1.82, 2.24) is 20.1 Å². The van der Waals surface area contributed by atoms with Crippen molar-refractivity contribution >= 4 is 17.7 Å². The van der Waals surface area contributed by atoms with E-state index in [1.165, 1.54) is 11.8 Å². The van der Waals surface area contributed by atoms with Crippen molar-refractivity contribution in [1.29, 1.82) is 0 Å². The van der Waals surface area contributed by atoms with Crippen LogP contribution in [-0.4, -0.2) is 59.1 Å². The van der Waals surface area contributed by atoms with E-state index in [9.17, 15) is 4.79 Å². The lowest BCUT2D eigenvalue weighted by atomic mass is 10.2. The molecule has 0 radical (unpaired) electrons. The van der Waals surface area contributed by atoms with E-state index in [4.69, 9.17) is 13.9 Å². The number of carbonyl (C=O) groups excluding carboxylic acids is 1. The zero-order valence-corrected chi connectivity index (χ0v) is 17.1. The third-order valence-corrected chi connectivity index (χ3v) is 4.86. The van der Waals surface area contributed by atoms with Gasteiger partial charge in [0, 0.05) is 25.4 Å². The first-order valence-electron chi connectivity index (χ1n) is 8.97. The third-order valence-electron chi connectivity index (χ3n) is 4.06. The molecule has 0 bridgehead atoms. The van der Waals surface area contributed by atoms with E-state index in [-0.39, 0.29) is 11.7 Å². The fourth-order valence-electron chi connectivity index (χ4n) is 2.51. The zero-order chi connectivity index (χ0) is 20.5. The SMILES string of the molecule is COCCN(Cc1ccccn1)C(=O)CSc1nnc(-c2ccc(OC)cc2)o1. The first kappa shape index (κ1) is 20.8. The topological polar surface area (TPSA) is 90.6 Å². The lowest BCUT2D eigenvalue weighted by Crippen LogP contribution is -2.35. The Balaban J connectivity index is 1.59. The minimum Gasteiger partial charge on any atom is -0.497 e. The van der Waals surface area contributed by atoms with Crippen LogP contribution in [0.5, 0.6) is 5.75 Å². The van der Waals surface area contributed by atoms with Crippen molar-refractivity contribution in [2.45, 2.75) is 11.8 Å². The molecular weight excluding hydrogens is 392 g/mol. The molecule has 1 amide bonds. The predicted molar refractivity (Wildman–Crippen MR) is 109 cm³/mol. The first-order valence-corrected chi connectivity index (χ1v) is 9.95. The number of ether oxygens (including phenoxy) is 2. The molecule has 1 aromatic carbocycles. The highest BCUT2D eigenvalue weighted by atomic mass is 32.2. The van der Waals surface area contributed by atoms with Gasteiger partial charge in [0.1, 0.15) is 5.75 Å². The number of rotatable bonds is 10. The van der Waals surface area contributed by atoms with Crippen molar-refractivity contribution in [3.05, 3.63) is 54.4 Å². The molecule has 0 N–H and O–H groups in total. The normalized spacial score (nSPS) is 10.7. The Morgan fingerprint density at radius 3 is 2.66 bits per heavy atom. The fourth-order valence-corrected chi connectivity index (χ4v) is 3.18. The quantitative estimate of drug-likeness (QED) is 0.468. The van der Waals surface area contributed by atoms with Gasteiger partial charge in [-0.2, -0.15) is 0 Å². The smallest absolute Gasteiger partial charge is 0.277 e. The van der Waals surface area contributed by atoms with Crippen LogP contribution in [-0.2, 0) is 16.1 Å². The van der Waals surface area contributed by atoms with Crippen LogP contribution in [0.25, 0.3) is 11.5 Å². The van der Waals surface area contributed by atoms with Gasteiger partial charge < -0.3 is 18.8 Å². The van der Waals surface area contributed by atoms with Crippen LogP contribution in [0.15, 0.2) is 58.3 Å². The van der Waals surface area contributed by atoms with Gasteiger partial charge >= 0.3 is 0 Å². The molecule has 9 heteroatoms. The first-order chi connectivity index (χ1) is 14.2. The Hall–Kier alpha value is -2.91. The van der Waals surface area contributed by atoms with Crippen molar-refractivity contribution in [2.75, 3.05) is 33.1 Å². The summed E-state index contributed by atoms with van der Waals surface area (Å²) in [5.41, 5.74) is 1.61. The molecule has 152 valence electrons. The van der Waals surface area contributed by atoms with Crippen LogP contribution in [0.1, 0.15) is 5.69 Å². The molecule has 0 atom stereocenters. The minimum atomic E-state index is -0.0538. The van der Waals surface area contributed by atoms with Gasteiger partial charge in [-0.1, -0.05) is 17.8 Å². The molecule has 2 heterocycles. The molecule has 0 aliphatic carbocycles. The summed E-state index contributed by atoms with van der Waals surface area (Å²) < 4.78 is 15.9. The van der Waals surface area contributed by atoms with Gasteiger partial charge in [0.25, 0.3) is 5.22 Å². The van der Waals surface area contributed by atoms with E-state index in [1.807, 2.05) is 42.5 Å². The lowest BCUT2D eigenvalue weighted by molar-refractivity contribution is -0.129. The molecule has 0 saturated carbocycles. The monoisotopic (exact) mass is 414 g/mol. The van der Waals surface area contributed by atoms with Crippen molar-refractivity contribution in [3.63, 3.8) is 0 Å². The molecule has 0 saturated heterocycles. The molecule has 29 heavy (non-hydrogen) atoms. The summed E-state index contributed by atoms with van der Waals surface area (Å²) >= 11 is 1.21. The molecule has 0 unspecified atom stereocenters. The number of aromatic nitrogens is 3. The highest BCUT2D eigenvalue weighted by Crippen LogP contribution is 2.25. The zero-order valence-electron chi connectivity index (χ0n) is 16.3. The summed E-state index contributed by atoms with van der Waals surface area (Å²) in [6, 6.07) is 12.9. The van der Waals surface area contributed by atoms with E-state index in [1.54, 1.807) is 25.3 Å². The van der Waals surface area contributed by atoms with E-state index >= 15 is 0 Å². The van der Waals surface area contributed by atoms with Crippen LogP contribution in [0.4, 0.5) is 0 Å². The number of nitrogens with zero attached hydrogens (tertiary/aromatic N) is 4. The largest absolute Gasteiger partial charge is 0.497 e. The Bertz CT molecular complexity index is 902. The highest BCUT2D eigenvalue weighted by Gasteiger charge is 2.17. The number of benzene rings is 1. The number of hydrogen-bond donors (Lipinski definition) is 0. The van der Waals surface area contributed by atoms with Crippen LogP contribution >= 0.6 is 11.8 Å². The molecular formula is C20H22N4O4S. The van der Waals surface area contributed by atoms with Crippen LogP contribution in [0.3, 0.4) is 0 Å². The number of hydrogen-bond acceptors (Lipinski definition) is 8. The lowest BCUT2D eigenvalue weighted by Gasteiger charge is -2.21. The standard InChI is InChI=1S/C20H22N4O4S/c1-26-12-11-24(13-16-5-3-4-10-21-16)18(25)14-29-20-23-22-19(28-20)15-6-8-17(27-2)9-7-15/h3-10H,11-14H2,1-2H3. The molecule has 3 rings (SSSR count). The van der Waals surface area contributed by atoms with Crippen LogP contribution in [0.2, 0.25) is 0 Å². The van der Waals surface area contributed by atoms with Gasteiger partial charge in [0.15, 0.2) is 0 Å². The van der Waals surface area contributed by atoms with E-state index in [0.29, 0.717) is 30.8 Å². The average molecular weight is 414 g/mol. The van der Waals surface area contributed by atoms with Gasteiger partial charge in [-0.3, -0.25) is 9.78 Å². The summed E-state index contributed by atoms with van der Waals surface area (Å²) in [6.45, 7) is 1.35. The molecule has 2 aromatic heterocycles. The molecule has 3 aromatic rings. The summed E-state index contributed by atoms with van der Waals surface area (Å²) in [6.07, 6.45) is 1.71. The molecule has 0 fully saturated rings. The second-order valence-electron chi connectivity index (χ2n) is 6.02. The Morgan fingerprint density at radius 1 is 1.14 bits per heavy atom. The van der Waals surface area contributed by atoms with Crippen molar-refractivity contribution in [3.8, 4) is 17.2 Å². The predicted octanol–water partition coefficient (Wildman–Crippen LogP) is 2.91. The Kier molecular flexibility index (Phi) is 7.60. The third kappa shape index (κ3) is 6.03. The molecule has 0 aliphatic rings. The highest BCUT2D eigenvalue weighted by molar-refractivity contribution is 7.99. The maximum absolute atomic E-state index is 12.7. The average Bonchev–Trinajstić information content (AvgIpc) is 3.25. The Morgan fingerprint density at radius 2 is 1.97 bits per heavy atom. The second kappa shape index (κ2) is 10.6. The van der Waals surface area contributed by atoms with Gasteiger partial charge in [-0.05, 0) is 36.4 Å². The molecule has 0 spiro atoms. The summed E-state index contributed by atoms with van der Waals surface area (Å²) in [7, 11) is 3.22. The summed E-state index contributed by atoms with van der Waals surface area (Å²) in [5, 5.41) is 8.41. The van der Waals surface area contributed by atoms with E-state index in [0.717, 1.165) is 17.0 Å². The second-order valence-corrected chi connectivity index (χ2v) is 6.95. The van der Waals surface area contributed by atoms with E-state index in [2.05, 4.69) is 15.2 Å². The van der Waals surface area contributed by atoms with Gasteiger partial charge in [-0.15, -0.1) is 10.2 Å². The minimum absolute atomic E-state index is 0.0538. The van der Waals surface area contributed by atoms with E-state index < -0.39 is 0 Å². The number of amides is 1. The van der Waals surface area contributed by atoms with Crippen molar-refractivity contribution < 1.29 is 18.7 Å². The summed E-state index contributed by atoms with van der Waals surface area (Å²) in [4.78, 5) is 18.7. The number of thioether (sulfide) groups is 1. The maximum atomic E-state index is 12.7. The summed E-state index contributed by atoms with van der Waals surface area (Å²) in [5.74, 6) is 1.27. The number of methoxy groups -OCH3 is 2. The molecule has 0 aliphatic heterocycles.